The first kappa shape index (κ1) is 25.7. The Morgan fingerprint density at radius 1 is 0.905 bits per heavy atom. The van der Waals surface area contributed by atoms with Gasteiger partial charge in [-0.25, -0.2) is 0 Å². The van der Waals surface area contributed by atoms with E-state index in [9.17, 15) is 9.59 Å². The monoisotopic (exact) mass is 557 g/mol. The standard InChI is InChI=1S/C34H27N3O5/c1-41-21-14-15-27(42-2)23(19-21)30(38)28-29(31(39)26-13-7-8-17-35-26)37-18-16-20-9-3-4-10-22(20)32(37)34(28)24-11-5-6-12-25(24)36-33(34)40/h3-19,28-29,32H,1-2H3,(H,36,40)/t28-,29+,32-,34+/m0/s1. The van der Waals surface area contributed by atoms with Crippen LogP contribution in [0.15, 0.2) is 97.3 Å². The number of ether oxygens (including phenoxy) is 2. The van der Waals surface area contributed by atoms with Gasteiger partial charge in [-0.15, -0.1) is 0 Å². The fraction of sp³-hybridized carbons (Fsp3) is 0.176. The summed E-state index contributed by atoms with van der Waals surface area (Å²) in [6, 6.07) is 23.6. The molecule has 8 nitrogen and oxygen atoms in total. The van der Waals surface area contributed by atoms with Gasteiger partial charge in [0.1, 0.15) is 28.6 Å². The highest BCUT2D eigenvalue weighted by Crippen LogP contribution is 2.62. The summed E-state index contributed by atoms with van der Waals surface area (Å²) in [5, 5.41) is 3.06. The SMILES string of the molecule is COc1ccc(OC)c(C(=O)[C@@H]2[C@H](C(=O)c3ccccn3)N3C=Cc4ccccc4[C@H]3[C@]23C(=O)Nc2ccccc23)c1. The van der Waals surface area contributed by atoms with Gasteiger partial charge in [0.05, 0.1) is 31.7 Å². The van der Waals surface area contributed by atoms with E-state index < -0.39 is 29.2 Å². The van der Waals surface area contributed by atoms with E-state index in [4.69, 9.17) is 9.47 Å². The van der Waals surface area contributed by atoms with Gasteiger partial charge < -0.3 is 19.7 Å². The normalized spacial score (nSPS) is 23.1. The number of nitrogens with one attached hydrogen (secondary N) is 1. The fourth-order valence-corrected chi connectivity index (χ4v) is 7.00. The highest BCUT2D eigenvalue weighted by Gasteiger charge is 2.71. The van der Waals surface area contributed by atoms with Crippen molar-refractivity contribution in [2.24, 2.45) is 5.92 Å². The number of Topliss-reactive ketones (excluding diaryl/α,β-unsaturated/α-hetero) is 2. The molecule has 7 rings (SSSR count). The maximum atomic E-state index is 15.1. The fourth-order valence-electron chi connectivity index (χ4n) is 7.00. The van der Waals surface area contributed by atoms with Crippen LogP contribution in [0.3, 0.4) is 0 Å². The van der Waals surface area contributed by atoms with Gasteiger partial charge in [0.25, 0.3) is 0 Å². The maximum Gasteiger partial charge on any atom is 0.238 e. The van der Waals surface area contributed by atoms with Crippen LogP contribution in [0.5, 0.6) is 11.5 Å². The number of aromatic nitrogens is 1. The first-order valence-corrected chi connectivity index (χ1v) is 13.7. The molecule has 0 saturated carbocycles. The van der Waals surface area contributed by atoms with Crippen molar-refractivity contribution >= 4 is 29.2 Å². The minimum absolute atomic E-state index is 0.215. The maximum absolute atomic E-state index is 15.1. The minimum Gasteiger partial charge on any atom is -0.497 e. The lowest BCUT2D eigenvalue weighted by molar-refractivity contribution is -0.122. The van der Waals surface area contributed by atoms with Crippen molar-refractivity contribution in [2.75, 3.05) is 19.5 Å². The van der Waals surface area contributed by atoms with Crippen LogP contribution < -0.4 is 14.8 Å². The van der Waals surface area contributed by atoms with Crippen molar-refractivity contribution in [1.82, 2.24) is 9.88 Å². The molecule has 0 unspecified atom stereocenters. The molecule has 208 valence electrons. The van der Waals surface area contributed by atoms with Crippen LogP contribution in [0.2, 0.25) is 0 Å². The Bertz CT molecular complexity index is 1790. The molecule has 1 amide bonds. The van der Waals surface area contributed by atoms with E-state index in [0.717, 1.165) is 11.1 Å². The average molecular weight is 558 g/mol. The second-order valence-electron chi connectivity index (χ2n) is 10.6. The van der Waals surface area contributed by atoms with Crippen molar-refractivity contribution < 1.29 is 23.9 Å². The number of benzene rings is 3. The predicted molar refractivity (Wildman–Crippen MR) is 157 cm³/mol. The van der Waals surface area contributed by atoms with E-state index in [2.05, 4.69) is 10.3 Å². The summed E-state index contributed by atoms with van der Waals surface area (Å²) < 4.78 is 11.1. The van der Waals surface area contributed by atoms with E-state index in [1.807, 2.05) is 65.7 Å². The number of rotatable bonds is 6. The van der Waals surface area contributed by atoms with Gasteiger partial charge in [-0.2, -0.15) is 0 Å². The molecule has 1 aromatic heterocycles. The topological polar surface area (TPSA) is 97.8 Å². The number of fused-ring (bicyclic) bond motifs is 6. The molecule has 4 heterocycles. The molecular formula is C34H27N3O5. The highest BCUT2D eigenvalue weighted by atomic mass is 16.5. The van der Waals surface area contributed by atoms with Crippen LogP contribution in [0.25, 0.3) is 6.08 Å². The third-order valence-electron chi connectivity index (χ3n) is 8.71. The van der Waals surface area contributed by atoms with Gasteiger partial charge in [0.15, 0.2) is 5.78 Å². The van der Waals surface area contributed by atoms with Crippen LogP contribution in [0.1, 0.15) is 43.6 Å². The highest BCUT2D eigenvalue weighted by molar-refractivity contribution is 6.17. The van der Waals surface area contributed by atoms with Crippen molar-refractivity contribution in [3.8, 4) is 11.5 Å². The molecule has 4 aromatic rings. The Hall–Kier alpha value is -5.24. The number of anilines is 1. The second kappa shape index (κ2) is 9.69. The molecule has 1 saturated heterocycles. The number of amides is 1. The molecular weight excluding hydrogens is 530 g/mol. The first-order valence-electron chi connectivity index (χ1n) is 13.7. The lowest BCUT2D eigenvalue weighted by atomic mass is 9.62. The third-order valence-corrected chi connectivity index (χ3v) is 8.71. The molecule has 8 heteroatoms. The third kappa shape index (κ3) is 3.48. The molecule has 1 fully saturated rings. The molecule has 3 aliphatic rings. The number of hydrogen-bond acceptors (Lipinski definition) is 7. The van der Waals surface area contributed by atoms with Gasteiger partial charge in [-0.3, -0.25) is 19.4 Å². The lowest BCUT2D eigenvalue weighted by Crippen LogP contribution is -2.49. The summed E-state index contributed by atoms with van der Waals surface area (Å²) in [6.07, 6.45) is 5.32. The number of para-hydroxylation sites is 1. The van der Waals surface area contributed by atoms with E-state index in [1.54, 1.807) is 42.6 Å². The Morgan fingerprint density at radius 3 is 2.48 bits per heavy atom. The lowest BCUT2D eigenvalue weighted by Gasteiger charge is -2.38. The average Bonchev–Trinajstić information content (AvgIpc) is 3.52. The Labute approximate surface area is 242 Å². The number of pyridine rings is 1. The second-order valence-corrected chi connectivity index (χ2v) is 10.6. The van der Waals surface area contributed by atoms with Gasteiger partial charge in [0.2, 0.25) is 11.7 Å². The molecule has 0 radical (unpaired) electrons. The predicted octanol–water partition coefficient (Wildman–Crippen LogP) is 5.08. The quantitative estimate of drug-likeness (QED) is 0.330. The van der Waals surface area contributed by atoms with E-state index >= 15 is 4.79 Å². The smallest absolute Gasteiger partial charge is 0.238 e. The number of carbonyl (C=O) groups is 3. The van der Waals surface area contributed by atoms with Crippen LogP contribution >= 0.6 is 0 Å². The van der Waals surface area contributed by atoms with Crippen LogP contribution in [-0.2, 0) is 10.2 Å². The van der Waals surface area contributed by atoms with Gasteiger partial charge in [-0.05, 0) is 59.2 Å². The van der Waals surface area contributed by atoms with Crippen molar-refractivity contribution in [1.29, 1.82) is 0 Å². The van der Waals surface area contributed by atoms with Gasteiger partial charge >= 0.3 is 0 Å². The summed E-state index contributed by atoms with van der Waals surface area (Å²) in [6.45, 7) is 0. The number of carbonyl (C=O) groups excluding carboxylic acids is 3. The summed E-state index contributed by atoms with van der Waals surface area (Å²) in [5.41, 5.74) is 2.08. The summed E-state index contributed by atoms with van der Waals surface area (Å²) in [4.78, 5) is 50.4. The van der Waals surface area contributed by atoms with Crippen LogP contribution in [-0.4, -0.2) is 47.6 Å². The molecule has 0 aliphatic carbocycles. The summed E-state index contributed by atoms with van der Waals surface area (Å²) in [5.74, 6) is -1.44. The summed E-state index contributed by atoms with van der Waals surface area (Å²) >= 11 is 0. The molecule has 1 N–H and O–H groups in total. The zero-order valence-electron chi connectivity index (χ0n) is 23.0. The molecule has 3 aliphatic heterocycles. The van der Waals surface area contributed by atoms with Gasteiger partial charge in [-0.1, -0.05) is 48.5 Å². The molecule has 1 spiro atoms. The Balaban J connectivity index is 1.55. The Kier molecular flexibility index (Phi) is 5.93. The molecule has 3 aromatic carbocycles. The molecule has 4 atom stereocenters. The van der Waals surface area contributed by atoms with E-state index in [1.165, 1.54) is 14.2 Å². The van der Waals surface area contributed by atoms with E-state index in [-0.39, 0.29) is 22.9 Å². The minimum atomic E-state index is -1.45. The largest absolute Gasteiger partial charge is 0.497 e. The number of ketones is 2. The van der Waals surface area contributed by atoms with Crippen molar-refractivity contribution in [2.45, 2.75) is 17.5 Å². The summed E-state index contributed by atoms with van der Waals surface area (Å²) in [7, 11) is 3.00. The number of nitrogens with zero attached hydrogens (tertiary/aromatic N) is 2. The van der Waals surface area contributed by atoms with Gasteiger partial charge in [0, 0.05) is 18.1 Å². The molecule has 0 bridgehead atoms. The zero-order chi connectivity index (χ0) is 29.0. The first-order chi connectivity index (χ1) is 20.5. The van der Waals surface area contributed by atoms with Crippen molar-refractivity contribution in [3.63, 3.8) is 0 Å². The molecule has 42 heavy (non-hydrogen) atoms. The number of hydrogen-bond donors (Lipinski definition) is 1. The van der Waals surface area contributed by atoms with E-state index in [0.29, 0.717) is 22.7 Å². The van der Waals surface area contributed by atoms with Crippen LogP contribution in [0.4, 0.5) is 5.69 Å². The zero-order valence-corrected chi connectivity index (χ0v) is 23.0. The van der Waals surface area contributed by atoms with Crippen LogP contribution in [0, 0.1) is 5.92 Å². The number of methoxy groups -OCH3 is 2. The Morgan fingerprint density at radius 2 is 1.69 bits per heavy atom. The van der Waals surface area contributed by atoms with Crippen molar-refractivity contribution in [3.05, 3.63) is 125 Å².